The molecule has 3 aromatic rings. The van der Waals surface area contributed by atoms with E-state index in [1.807, 2.05) is 12.1 Å². The molecule has 1 saturated heterocycles. The molecule has 1 aromatic heterocycles. The van der Waals surface area contributed by atoms with Gasteiger partial charge in [-0.1, -0.05) is 30.3 Å². The number of amides is 2. The topological polar surface area (TPSA) is 67.2 Å². The van der Waals surface area contributed by atoms with E-state index < -0.39 is 29.8 Å². The Balaban J connectivity index is 1.42. The van der Waals surface area contributed by atoms with Crippen LogP contribution in [0.3, 0.4) is 0 Å². The molecule has 2 aliphatic rings. The third kappa shape index (κ3) is 5.19. The zero-order chi connectivity index (χ0) is 26.4. The lowest BCUT2D eigenvalue weighted by molar-refractivity contribution is -0.143. The third-order valence-corrected chi connectivity index (χ3v) is 7.35. The number of nitrogens with one attached hydrogen (secondary N) is 1. The Labute approximate surface area is 211 Å². The first kappa shape index (κ1) is 25.2. The van der Waals surface area contributed by atoms with Gasteiger partial charge in [-0.2, -0.15) is 13.9 Å². The zero-order valence-electron chi connectivity index (χ0n) is 20.3. The highest BCUT2D eigenvalue weighted by Crippen LogP contribution is 2.40. The molecule has 0 spiro atoms. The summed E-state index contributed by atoms with van der Waals surface area (Å²) in [6.07, 6.45) is 2.21. The lowest BCUT2D eigenvalue weighted by Crippen LogP contribution is -2.46. The Morgan fingerprint density at radius 3 is 2.51 bits per heavy atom. The number of hydrogen-bond acceptors (Lipinski definition) is 3. The van der Waals surface area contributed by atoms with Crippen molar-refractivity contribution in [3.8, 4) is 0 Å². The van der Waals surface area contributed by atoms with Gasteiger partial charge in [0.05, 0.1) is 23.8 Å². The van der Waals surface area contributed by atoms with Crippen LogP contribution >= 0.6 is 0 Å². The van der Waals surface area contributed by atoms with Crippen LogP contribution in [0.15, 0.2) is 54.7 Å². The quantitative estimate of drug-likeness (QED) is 0.442. The first-order valence-corrected chi connectivity index (χ1v) is 12.4. The Kier molecular flexibility index (Phi) is 6.45. The van der Waals surface area contributed by atoms with Gasteiger partial charge in [-0.05, 0) is 42.5 Å². The summed E-state index contributed by atoms with van der Waals surface area (Å²) in [5.41, 5.74) is 2.09. The van der Waals surface area contributed by atoms with E-state index in [0.29, 0.717) is 37.6 Å². The van der Waals surface area contributed by atoms with Crippen LogP contribution in [-0.4, -0.2) is 39.5 Å². The summed E-state index contributed by atoms with van der Waals surface area (Å²) in [5.74, 6) is -7.76. The van der Waals surface area contributed by atoms with Crippen molar-refractivity contribution in [1.82, 2.24) is 15.1 Å². The number of fused-ring (bicyclic) bond motifs is 1. The summed E-state index contributed by atoms with van der Waals surface area (Å²) >= 11 is 0. The molecule has 5 rings (SSSR count). The molecule has 2 atom stereocenters. The molecule has 1 N–H and O–H groups in total. The highest BCUT2D eigenvalue weighted by molar-refractivity contribution is 6.00. The maximum atomic E-state index is 13.6. The Morgan fingerprint density at radius 1 is 1.14 bits per heavy atom. The minimum atomic E-state index is -3.57. The number of anilines is 1. The summed E-state index contributed by atoms with van der Waals surface area (Å²) in [6.45, 7) is 1.06. The van der Waals surface area contributed by atoms with E-state index >= 15 is 0 Å². The fourth-order valence-electron chi connectivity index (χ4n) is 5.39. The molecule has 0 radical (unpaired) electrons. The lowest BCUT2D eigenvalue weighted by Gasteiger charge is -2.30. The fourth-order valence-corrected chi connectivity index (χ4v) is 5.39. The molecule has 10 heteroatoms. The van der Waals surface area contributed by atoms with Crippen molar-refractivity contribution < 1.29 is 27.2 Å². The largest absolute Gasteiger partial charge is 0.345 e. The predicted octanol–water partition coefficient (Wildman–Crippen LogP) is 5.48. The van der Waals surface area contributed by atoms with Crippen molar-refractivity contribution in [2.75, 3.05) is 4.90 Å². The van der Waals surface area contributed by atoms with E-state index in [1.165, 1.54) is 4.90 Å². The minimum Gasteiger partial charge on any atom is -0.345 e. The molecular formula is C27H28F4N4O2. The monoisotopic (exact) mass is 516 g/mol. The fraction of sp³-hybridized carbons (Fsp3) is 0.444. The number of carbonyl (C=O) groups is 2. The summed E-state index contributed by atoms with van der Waals surface area (Å²) in [6, 6.07) is 12.9. The van der Waals surface area contributed by atoms with Crippen molar-refractivity contribution >= 4 is 28.4 Å². The van der Waals surface area contributed by atoms with Gasteiger partial charge in [0.15, 0.2) is 0 Å². The summed E-state index contributed by atoms with van der Waals surface area (Å²) in [4.78, 5) is 26.8. The van der Waals surface area contributed by atoms with Crippen LogP contribution in [0.5, 0.6) is 0 Å². The van der Waals surface area contributed by atoms with E-state index in [9.17, 15) is 27.2 Å². The van der Waals surface area contributed by atoms with Gasteiger partial charge in [0.25, 0.3) is 5.91 Å². The molecule has 2 heterocycles. The highest BCUT2D eigenvalue weighted by atomic mass is 19.3. The number of nitrogens with zero attached hydrogens (tertiary/aromatic N) is 3. The number of benzene rings is 2. The molecule has 2 amide bonds. The first-order chi connectivity index (χ1) is 17.5. The number of halogens is 4. The smallest absolute Gasteiger partial charge is 0.321 e. The average molecular weight is 517 g/mol. The van der Waals surface area contributed by atoms with Gasteiger partial charge in [-0.25, -0.2) is 8.78 Å². The van der Waals surface area contributed by atoms with E-state index in [0.717, 1.165) is 10.9 Å². The molecule has 1 aliphatic carbocycles. The normalized spacial score (nSPS) is 22.5. The third-order valence-electron chi connectivity index (χ3n) is 7.35. The Hall–Kier alpha value is -3.43. The van der Waals surface area contributed by atoms with E-state index in [-0.39, 0.29) is 31.1 Å². The van der Waals surface area contributed by atoms with Gasteiger partial charge in [0.2, 0.25) is 11.8 Å². The van der Waals surface area contributed by atoms with Crippen molar-refractivity contribution in [3.63, 3.8) is 0 Å². The summed E-state index contributed by atoms with van der Waals surface area (Å²) in [5, 5.41) is 7.59. The number of aromatic nitrogens is 2. The molecule has 37 heavy (non-hydrogen) atoms. The number of hydrogen-bond donors (Lipinski definition) is 1. The summed E-state index contributed by atoms with van der Waals surface area (Å²) < 4.78 is 56.1. The van der Waals surface area contributed by atoms with Gasteiger partial charge in [0.1, 0.15) is 0 Å². The van der Waals surface area contributed by atoms with E-state index in [4.69, 9.17) is 0 Å². The van der Waals surface area contributed by atoms with Crippen LogP contribution < -0.4 is 10.2 Å². The van der Waals surface area contributed by atoms with E-state index in [2.05, 4.69) is 10.4 Å². The van der Waals surface area contributed by atoms with Crippen LogP contribution in [0.25, 0.3) is 10.9 Å². The van der Waals surface area contributed by atoms with Gasteiger partial charge < -0.3 is 10.2 Å². The molecule has 2 fully saturated rings. The maximum Gasteiger partial charge on any atom is 0.321 e. The lowest BCUT2D eigenvalue weighted by atomic mass is 9.87. The zero-order valence-corrected chi connectivity index (χ0v) is 20.3. The highest BCUT2D eigenvalue weighted by Gasteiger charge is 2.45. The molecule has 196 valence electrons. The van der Waals surface area contributed by atoms with Crippen LogP contribution in [0.4, 0.5) is 23.2 Å². The van der Waals surface area contributed by atoms with Crippen molar-refractivity contribution in [2.45, 2.75) is 69.5 Å². The SMILES string of the molecule is CC(F)(F)C(=O)N[C@H]1CC(=O)N(c2ccc3c(cnn3CC3CCC(F)(F)CC3)c2)[C@@H]1c1ccccc1. The molecule has 6 nitrogen and oxygen atoms in total. The van der Waals surface area contributed by atoms with Gasteiger partial charge >= 0.3 is 5.92 Å². The van der Waals surface area contributed by atoms with Crippen LogP contribution in [0.1, 0.15) is 50.6 Å². The van der Waals surface area contributed by atoms with Gasteiger partial charge in [-0.3, -0.25) is 14.3 Å². The molecule has 0 bridgehead atoms. The van der Waals surface area contributed by atoms with Crippen molar-refractivity contribution in [2.24, 2.45) is 5.92 Å². The van der Waals surface area contributed by atoms with Gasteiger partial charge in [0, 0.05) is 43.8 Å². The first-order valence-electron chi connectivity index (χ1n) is 12.4. The molecule has 1 saturated carbocycles. The van der Waals surface area contributed by atoms with E-state index in [1.54, 1.807) is 47.3 Å². The Morgan fingerprint density at radius 2 is 1.84 bits per heavy atom. The molecular weight excluding hydrogens is 488 g/mol. The second-order valence-corrected chi connectivity index (χ2v) is 10.2. The minimum absolute atomic E-state index is 0.110. The second-order valence-electron chi connectivity index (χ2n) is 10.2. The van der Waals surface area contributed by atoms with Crippen LogP contribution in [0, 0.1) is 5.92 Å². The number of carbonyl (C=O) groups excluding carboxylic acids is 2. The van der Waals surface area contributed by atoms with Crippen LogP contribution in [-0.2, 0) is 16.1 Å². The number of rotatable bonds is 6. The molecule has 1 aliphatic heterocycles. The van der Waals surface area contributed by atoms with Crippen LogP contribution in [0.2, 0.25) is 0 Å². The average Bonchev–Trinajstić information content (AvgIpc) is 3.40. The standard InChI is InChI=1S/C27H28F4N4O2/c1-26(28,29)25(37)33-21-14-23(36)35(24(21)18-5-3-2-4-6-18)20-7-8-22-19(13-20)15-32-34(22)16-17-9-11-27(30,31)12-10-17/h2-8,13,15,17,21,24H,9-12,14,16H2,1H3,(H,33,37)/t21-,24+/m0/s1. The molecule has 2 aromatic carbocycles. The van der Waals surface area contributed by atoms with Crippen molar-refractivity contribution in [3.05, 3.63) is 60.3 Å². The van der Waals surface area contributed by atoms with Crippen molar-refractivity contribution in [1.29, 1.82) is 0 Å². The predicted molar refractivity (Wildman–Crippen MR) is 130 cm³/mol. The molecule has 0 unspecified atom stereocenters. The summed E-state index contributed by atoms with van der Waals surface area (Å²) in [7, 11) is 0. The maximum absolute atomic E-state index is 13.6. The van der Waals surface area contributed by atoms with Gasteiger partial charge in [-0.15, -0.1) is 0 Å². The second kappa shape index (κ2) is 9.46. The Bertz CT molecular complexity index is 1290. The number of alkyl halides is 4.